The molecule has 26 heavy (non-hydrogen) atoms. The number of carbonyl (C=O) groups excluding carboxylic acids is 1. The van der Waals surface area contributed by atoms with Crippen LogP contribution >= 0.6 is 27.3 Å². The van der Waals surface area contributed by atoms with E-state index in [0.717, 1.165) is 4.47 Å². The number of amides is 1. The van der Waals surface area contributed by atoms with Gasteiger partial charge in [0.15, 0.2) is 5.13 Å². The van der Waals surface area contributed by atoms with E-state index in [1.165, 1.54) is 22.3 Å². The Balaban J connectivity index is 1.77. The van der Waals surface area contributed by atoms with Gasteiger partial charge in [0.2, 0.25) is 0 Å². The van der Waals surface area contributed by atoms with Crippen molar-refractivity contribution < 1.29 is 13.6 Å². The molecule has 0 spiro atoms. The highest BCUT2D eigenvalue weighted by molar-refractivity contribution is 9.10. The minimum Gasteiger partial charge on any atom is -0.467 e. The van der Waals surface area contributed by atoms with E-state index in [4.69, 9.17) is 4.42 Å². The Morgan fingerprint density at radius 3 is 2.65 bits per heavy atom. The fraction of sp³-hybridized carbons (Fsp3) is 0.0526. The van der Waals surface area contributed by atoms with Crippen LogP contribution in [0.4, 0.5) is 9.52 Å². The number of anilines is 1. The molecule has 0 saturated heterocycles. The van der Waals surface area contributed by atoms with Gasteiger partial charge >= 0.3 is 0 Å². The molecule has 130 valence electrons. The van der Waals surface area contributed by atoms with Crippen LogP contribution in [0.5, 0.6) is 0 Å². The number of halogens is 2. The molecule has 0 radical (unpaired) electrons. The fourth-order valence-corrected chi connectivity index (χ4v) is 3.79. The van der Waals surface area contributed by atoms with Crippen molar-refractivity contribution in [3.63, 3.8) is 0 Å². The summed E-state index contributed by atoms with van der Waals surface area (Å²) in [6.45, 7) is 0.212. The van der Waals surface area contributed by atoms with Crippen molar-refractivity contribution in [3.05, 3.63) is 82.5 Å². The quantitative estimate of drug-likeness (QED) is 0.420. The normalized spacial score (nSPS) is 11.0. The van der Waals surface area contributed by atoms with Gasteiger partial charge in [-0.05, 0) is 48.5 Å². The fourth-order valence-electron chi connectivity index (χ4n) is 2.55. The number of aromatic nitrogens is 1. The number of thiazole rings is 1. The summed E-state index contributed by atoms with van der Waals surface area (Å²) in [7, 11) is 0. The number of nitrogens with zero attached hydrogens (tertiary/aromatic N) is 2. The van der Waals surface area contributed by atoms with Crippen molar-refractivity contribution in [1.82, 2.24) is 4.98 Å². The Labute approximate surface area is 161 Å². The molecule has 0 atom stereocenters. The molecular formula is C19H12BrFN2O2S. The highest BCUT2D eigenvalue weighted by Gasteiger charge is 2.23. The van der Waals surface area contributed by atoms with E-state index in [9.17, 15) is 9.18 Å². The highest BCUT2D eigenvalue weighted by atomic mass is 79.9. The Hall–Kier alpha value is -2.51. The Bertz CT molecular complexity index is 1060. The monoisotopic (exact) mass is 430 g/mol. The number of benzene rings is 2. The Morgan fingerprint density at radius 1 is 1.15 bits per heavy atom. The first-order valence-electron chi connectivity index (χ1n) is 7.77. The van der Waals surface area contributed by atoms with Gasteiger partial charge in [-0.3, -0.25) is 9.69 Å². The number of hydrogen-bond acceptors (Lipinski definition) is 4. The summed E-state index contributed by atoms with van der Waals surface area (Å²) >= 11 is 4.64. The molecule has 7 heteroatoms. The predicted molar refractivity (Wildman–Crippen MR) is 103 cm³/mol. The number of hydrogen-bond donors (Lipinski definition) is 0. The maximum Gasteiger partial charge on any atom is 0.260 e. The molecule has 0 aliphatic heterocycles. The Kier molecular flexibility index (Phi) is 4.57. The smallest absolute Gasteiger partial charge is 0.260 e. The van der Waals surface area contributed by atoms with Crippen LogP contribution in [0.3, 0.4) is 0 Å². The second-order valence-electron chi connectivity index (χ2n) is 5.56. The zero-order valence-electron chi connectivity index (χ0n) is 13.4. The minimum atomic E-state index is -0.404. The zero-order valence-corrected chi connectivity index (χ0v) is 15.8. The minimum absolute atomic E-state index is 0.212. The Morgan fingerprint density at radius 2 is 1.96 bits per heavy atom. The second-order valence-corrected chi connectivity index (χ2v) is 7.49. The lowest BCUT2D eigenvalue weighted by Gasteiger charge is -2.18. The van der Waals surface area contributed by atoms with Gasteiger partial charge in [-0.25, -0.2) is 9.37 Å². The summed E-state index contributed by atoms with van der Waals surface area (Å²) in [5.74, 6) is -0.0115. The molecule has 2 heterocycles. The number of rotatable bonds is 4. The molecule has 4 rings (SSSR count). The van der Waals surface area contributed by atoms with E-state index in [0.29, 0.717) is 21.2 Å². The highest BCUT2D eigenvalue weighted by Crippen LogP contribution is 2.32. The lowest BCUT2D eigenvalue weighted by Crippen LogP contribution is -2.30. The third kappa shape index (κ3) is 3.27. The molecule has 2 aromatic heterocycles. The molecule has 2 aromatic carbocycles. The van der Waals surface area contributed by atoms with Gasteiger partial charge in [0, 0.05) is 10.0 Å². The standard InChI is InChI=1S/C19H12BrFN2O2S/c20-13-8-6-12(7-9-13)18(24)23(11-14-3-2-10-25-14)19-22-17-15(21)4-1-5-16(17)26-19/h1-10H,11H2. The topological polar surface area (TPSA) is 46.3 Å². The summed E-state index contributed by atoms with van der Waals surface area (Å²) < 4.78 is 21.0. The molecule has 0 N–H and O–H groups in total. The van der Waals surface area contributed by atoms with Crippen LogP contribution in [0.15, 0.2) is 69.8 Å². The summed E-state index contributed by atoms with van der Waals surface area (Å²) in [6.07, 6.45) is 1.55. The van der Waals surface area contributed by atoms with Crippen molar-refractivity contribution in [2.45, 2.75) is 6.54 Å². The second kappa shape index (κ2) is 7.01. The van der Waals surface area contributed by atoms with E-state index >= 15 is 0 Å². The van der Waals surface area contributed by atoms with Crippen molar-refractivity contribution in [1.29, 1.82) is 0 Å². The van der Waals surface area contributed by atoms with Crippen molar-refractivity contribution in [2.75, 3.05) is 4.90 Å². The molecule has 4 nitrogen and oxygen atoms in total. The van der Waals surface area contributed by atoms with Gasteiger partial charge in [-0.1, -0.05) is 33.3 Å². The first kappa shape index (κ1) is 16.9. The van der Waals surface area contributed by atoms with Crippen molar-refractivity contribution in [3.8, 4) is 0 Å². The predicted octanol–water partition coefficient (Wildman–Crippen LogP) is 5.64. The molecule has 0 saturated carbocycles. The summed E-state index contributed by atoms with van der Waals surface area (Å²) in [5.41, 5.74) is 0.778. The largest absolute Gasteiger partial charge is 0.467 e. The zero-order chi connectivity index (χ0) is 18.1. The van der Waals surface area contributed by atoms with Crippen LogP contribution in [0.25, 0.3) is 10.2 Å². The van der Waals surface area contributed by atoms with Crippen molar-refractivity contribution >= 4 is 48.5 Å². The molecule has 4 aromatic rings. The van der Waals surface area contributed by atoms with Gasteiger partial charge in [-0.15, -0.1) is 0 Å². The SMILES string of the molecule is O=C(c1ccc(Br)cc1)N(Cc1ccco1)c1nc2c(F)cccc2s1. The summed E-state index contributed by atoms with van der Waals surface area (Å²) in [5, 5.41) is 0.425. The number of fused-ring (bicyclic) bond motifs is 1. The van der Waals surface area contributed by atoms with Gasteiger partial charge < -0.3 is 4.42 Å². The third-order valence-electron chi connectivity index (χ3n) is 3.82. The average molecular weight is 431 g/mol. The van der Waals surface area contributed by atoms with E-state index in [2.05, 4.69) is 20.9 Å². The average Bonchev–Trinajstić information content (AvgIpc) is 3.30. The summed E-state index contributed by atoms with van der Waals surface area (Å²) in [6, 6.07) is 15.4. The van der Waals surface area contributed by atoms with Crippen LogP contribution in [0.2, 0.25) is 0 Å². The van der Waals surface area contributed by atoms with Crippen LogP contribution in [-0.4, -0.2) is 10.9 Å². The van der Waals surface area contributed by atoms with Crippen LogP contribution in [0, 0.1) is 5.82 Å². The third-order valence-corrected chi connectivity index (χ3v) is 5.39. The first-order chi connectivity index (χ1) is 12.6. The molecule has 0 aliphatic carbocycles. The number of para-hydroxylation sites is 1. The van der Waals surface area contributed by atoms with E-state index < -0.39 is 5.82 Å². The van der Waals surface area contributed by atoms with Crippen LogP contribution in [0.1, 0.15) is 16.1 Å². The molecule has 0 aliphatic rings. The number of carbonyl (C=O) groups is 1. The van der Waals surface area contributed by atoms with Crippen LogP contribution < -0.4 is 4.90 Å². The molecule has 0 bridgehead atoms. The first-order valence-corrected chi connectivity index (χ1v) is 9.37. The lowest BCUT2D eigenvalue weighted by atomic mass is 10.2. The van der Waals surface area contributed by atoms with Gasteiger partial charge in [0.05, 0.1) is 17.5 Å². The van der Waals surface area contributed by atoms with E-state index in [1.807, 2.05) is 0 Å². The molecule has 0 unspecified atom stereocenters. The molecular weight excluding hydrogens is 419 g/mol. The molecule has 0 fully saturated rings. The maximum absolute atomic E-state index is 14.0. The van der Waals surface area contributed by atoms with Crippen LogP contribution in [-0.2, 0) is 6.54 Å². The molecule has 1 amide bonds. The van der Waals surface area contributed by atoms with Crippen molar-refractivity contribution in [2.24, 2.45) is 0 Å². The van der Waals surface area contributed by atoms with E-state index in [1.54, 1.807) is 54.8 Å². The lowest BCUT2D eigenvalue weighted by molar-refractivity contribution is 0.0983. The van der Waals surface area contributed by atoms with Gasteiger partial charge in [0.25, 0.3) is 5.91 Å². The number of furan rings is 1. The van der Waals surface area contributed by atoms with Gasteiger partial charge in [0.1, 0.15) is 17.1 Å². The maximum atomic E-state index is 14.0. The van der Waals surface area contributed by atoms with E-state index in [-0.39, 0.29) is 18.0 Å². The van der Waals surface area contributed by atoms with Gasteiger partial charge in [-0.2, -0.15) is 0 Å². The summed E-state index contributed by atoms with van der Waals surface area (Å²) in [4.78, 5) is 18.9.